The zero-order chi connectivity index (χ0) is 6.85. The van der Waals surface area contributed by atoms with Crippen LogP contribution in [0.25, 0.3) is 0 Å². The number of carbonyl (C=O) groups excluding carboxylic acids is 1. The minimum Gasteiger partial charge on any atom is -0.465 e. The van der Waals surface area contributed by atoms with Crippen LogP contribution in [0.4, 0.5) is 0 Å². The summed E-state index contributed by atoms with van der Waals surface area (Å²) in [6, 6.07) is 0. The van der Waals surface area contributed by atoms with Crippen molar-refractivity contribution >= 4 is 5.97 Å². The molecule has 0 spiro atoms. The molecule has 2 unspecified atom stereocenters. The Morgan fingerprint density at radius 3 is 2.78 bits per heavy atom. The van der Waals surface area contributed by atoms with Gasteiger partial charge in [0.25, 0.3) is 0 Å². The SMILES string of the molecule is CC1COC(=O)C1CO. The number of carbonyl (C=O) groups is 1. The molecule has 2 atom stereocenters. The maximum Gasteiger partial charge on any atom is 0.311 e. The second-order valence-corrected chi connectivity index (χ2v) is 2.40. The molecule has 0 amide bonds. The molecule has 52 valence electrons. The molecule has 1 aliphatic heterocycles. The van der Waals surface area contributed by atoms with E-state index in [-0.39, 0.29) is 24.4 Å². The van der Waals surface area contributed by atoms with Crippen molar-refractivity contribution < 1.29 is 14.6 Å². The van der Waals surface area contributed by atoms with Gasteiger partial charge in [-0.25, -0.2) is 0 Å². The standard InChI is InChI=1S/C6H10O3/c1-4-3-9-6(8)5(4)2-7/h4-5,7H,2-3H2,1H3. The Hall–Kier alpha value is -0.570. The largest absolute Gasteiger partial charge is 0.465 e. The van der Waals surface area contributed by atoms with Crippen LogP contribution in [0, 0.1) is 11.8 Å². The lowest BCUT2D eigenvalue weighted by Crippen LogP contribution is -2.17. The molecular formula is C6H10O3. The van der Waals surface area contributed by atoms with Crippen molar-refractivity contribution in [2.75, 3.05) is 13.2 Å². The van der Waals surface area contributed by atoms with Crippen LogP contribution in [0.5, 0.6) is 0 Å². The predicted molar refractivity (Wildman–Crippen MR) is 30.7 cm³/mol. The van der Waals surface area contributed by atoms with Gasteiger partial charge in [-0.15, -0.1) is 0 Å². The molecule has 1 aliphatic rings. The quantitative estimate of drug-likeness (QED) is 0.499. The van der Waals surface area contributed by atoms with Crippen molar-refractivity contribution in [3.8, 4) is 0 Å². The van der Waals surface area contributed by atoms with Crippen LogP contribution in [0.1, 0.15) is 6.92 Å². The topological polar surface area (TPSA) is 46.5 Å². The van der Waals surface area contributed by atoms with Crippen molar-refractivity contribution in [2.24, 2.45) is 11.8 Å². The monoisotopic (exact) mass is 130 g/mol. The minimum absolute atomic E-state index is 0.0833. The number of aliphatic hydroxyl groups is 1. The van der Waals surface area contributed by atoms with Crippen molar-refractivity contribution in [3.63, 3.8) is 0 Å². The van der Waals surface area contributed by atoms with E-state index in [9.17, 15) is 4.79 Å². The van der Waals surface area contributed by atoms with Crippen molar-refractivity contribution in [1.82, 2.24) is 0 Å². The summed E-state index contributed by atoms with van der Waals surface area (Å²) in [5.41, 5.74) is 0. The Bertz CT molecular complexity index is 121. The van der Waals surface area contributed by atoms with E-state index in [4.69, 9.17) is 5.11 Å². The van der Waals surface area contributed by atoms with Gasteiger partial charge in [0.15, 0.2) is 0 Å². The zero-order valence-corrected chi connectivity index (χ0v) is 5.33. The fourth-order valence-electron chi connectivity index (χ4n) is 0.924. The van der Waals surface area contributed by atoms with Gasteiger partial charge in [0.05, 0.1) is 19.1 Å². The van der Waals surface area contributed by atoms with Gasteiger partial charge in [0.1, 0.15) is 0 Å². The number of hydrogen-bond donors (Lipinski definition) is 1. The molecule has 1 saturated heterocycles. The highest BCUT2D eigenvalue weighted by Crippen LogP contribution is 2.20. The van der Waals surface area contributed by atoms with E-state index in [0.717, 1.165) is 0 Å². The second-order valence-electron chi connectivity index (χ2n) is 2.40. The number of aliphatic hydroxyl groups excluding tert-OH is 1. The number of hydrogen-bond acceptors (Lipinski definition) is 3. The van der Waals surface area contributed by atoms with Gasteiger partial charge < -0.3 is 9.84 Å². The third-order valence-electron chi connectivity index (χ3n) is 1.67. The third kappa shape index (κ3) is 1.05. The first kappa shape index (κ1) is 6.55. The smallest absolute Gasteiger partial charge is 0.311 e. The molecule has 0 saturated carbocycles. The lowest BCUT2D eigenvalue weighted by Gasteiger charge is -2.03. The van der Waals surface area contributed by atoms with Gasteiger partial charge in [-0.3, -0.25) is 4.79 Å². The maximum absolute atomic E-state index is 10.6. The lowest BCUT2D eigenvalue weighted by atomic mass is 9.99. The van der Waals surface area contributed by atoms with Crippen molar-refractivity contribution in [1.29, 1.82) is 0 Å². The Morgan fingerprint density at radius 2 is 2.56 bits per heavy atom. The number of esters is 1. The Morgan fingerprint density at radius 1 is 1.89 bits per heavy atom. The number of ether oxygens (including phenoxy) is 1. The zero-order valence-electron chi connectivity index (χ0n) is 5.33. The van der Waals surface area contributed by atoms with E-state index < -0.39 is 0 Å². The Balaban J connectivity index is 2.55. The van der Waals surface area contributed by atoms with Gasteiger partial charge in [-0.2, -0.15) is 0 Å². The van der Waals surface area contributed by atoms with Crippen LogP contribution >= 0.6 is 0 Å². The van der Waals surface area contributed by atoms with E-state index in [1.165, 1.54) is 0 Å². The Labute approximate surface area is 53.6 Å². The molecule has 0 aromatic rings. The van der Waals surface area contributed by atoms with E-state index in [2.05, 4.69) is 4.74 Å². The lowest BCUT2D eigenvalue weighted by molar-refractivity contribution is -0.142. The van der Waals surface area contributed by atoms with Crippen LogP contribution in [0.15, 0.2) is 0 Å². The first-order valence-electron chi connectivity index (χ1n) is 3.03. The molecule has 1 heterocycles. The van der Waals surface area contributed by atoms with Crippen LogP contribution in [-0.4, -0.2) is 24.3 Å². The average Bonchev–Trinajstić information content (AvgIpc) is 2.12. The third-order valence-corrected chi connectivity index (χ3v) is 1.67. The highest BCUT2D eigenvalue weighted by molar-refractivity contribution is 5.74. The summed E-state index contributed by atoms with van der Waals surface area (Å²) in [7, 11) is 0. The maximum atomic E-state index is 10.6. The molecular weight excluding hydrogens is 120 g/mol. The molecule has 9 heavy (non-hydrogen) atoms. The van der Waals surface area contributed by atoms with Crippen LogP contribution < -0.4 is 0 Å². The van der Waals surface area contributed by atoms with Crippen molar-refractivity contribution in [2.45, 2.75) is 6.92 Å². The first-order valence-corrected chi connectivity index (χ1v) is 3.03. The summed E-state index contributed by atoms with van der Waals surface area (Å²) >= 11 is 0. The molecule has 1 N–H and O–H groups in total. The fraction of sp³-hybridized carbons (Fsp3) is 0.833. The van der Waals surface area contributed by atoms with Crippen LogP contribution in [-0.2, 0) is 9.53 Å². The van der Waals surface area contributed by atoms with Gasteiger partial charge in [-0.05, 0) is 0 Å². The summed E-state index contributed by atoms with van der Waals surface area (Å²) in [5.74, 6) is -0.350. The molecule has 0 bridgehead atoms. The van der Waals surface area contributed by atoms with E-state index in [1.807, 2.05) is 6.92 Å². The highest BCUT2D eigenvalue weighted by atomic mass is 16.5. The highest BCUT2D eigenvalue weighted by Gasteiger charge is 2.32. The summed E-state index contributed by atoms with van der Waals surface area (Å²) in [4.78, 5) is 10.6. The number of rotatable bonds is 1. The fourth-order valence-corrected chi connectivity index (χ4v) is 0.924. The average molecular weight is 130 g/mol. The van der Waals surface area contributed by atoms with E-state index in [1.54, 1.807) is 0 Å². The minimum atomic E-state index is -0.273. The summed E-state index contributed by atoms with van der Waals surface area (Å²) in [6.07, 6.45) is 0. The van der Waals surface area contributed by atoms with Gasteiger partial charge in [-0.1, -0.05) is 6.92 Å². The van der Waals surface area contributed by atoms with E-state index >= 15 is 0 Å². The van der Waals surface area contributed by atoms with E-state index in [0.29, 0.717) is 6.61 Å². The molecule has 0 radical (unpaired) electrons. The molecule has 0 aromatic heterocycles. The van der Waals surface area contributed by atoms with Crippen LogP contribution in [0.3, 0.4) is 0 Å². The molecule has 0 aromatic carbocycles. The van der Waals surface area contributed by atoms with Gasteiger partial charge in [0.2, 0.25) is 0 Å². The van der Waals surface area contributed by atoms with Crippen molar-refractivity contribution in [3.05, 3.63) is 0 Å². The Kier molecular flexibility index (Phi) is 1.71. The molecule has 3 nitrogen and oxygen atoms in total. The van der Waals surface area contributed by atoms with Crippen LogP contribution in [0.2, 0.25) is 0 Å². The van der Waals surface area contributed by atoms with Gasteiger partial charge in [0, 0.05) is 5.92 Å². The first-order chi connectivity index (χ1) is 4.25. The normalized spacial score (nSPS) is 34.7. The number of cyclic esters (lactones) is 1. The molecule has 0 aliphatic carbocycles. The molecule has 1 rings (SSSR count). The molecule has 3 heteroatoms. The van der Waals surface area contributed by atoms with Gasteiger partial charge >= 0.3 is 5.97 Å². The summed E-state index contributed by atoms with van der Waals surface area (Å²) < 4.78 is 4.67. The predicted octanol–water partition coefficient (Wildman–Crippen LogP) is -0.212. The summed E-state index contributed by atoms with van der Waals surface area (Å²) in [6.45, 7) is 2.27. The second kappa shape index (κ2) is 2.35. The summed E-state index contributed by atoms with van der Waals surface area (Å²) in [5, 5.41) is 8.61. The molecule has 1 fully saturated rings.